The van der Waals surface area contributed by atoms with Crippen LogP contribution in [0, 0.1) is 6.92 Å². The fourth-order valence-electron chi connectivity index (χ4n) is 3.01. The second-order valence-electron chi connectivity index (χ2n) is 6.92. The van der Waals surface area contributed by atoms with Crippen molar-refractivity contribution in [2.24, 2.45) is 0 Å². The van der Waals surface area contributed by atoms with Crippen molar-refractivity contribution in [3.8, 4) is 0 Å². The van der Waals surface area contributed by atoms with Crippen molar-refractivity contribution < 1.29 is 18.0 Å². The van der Waals surface area contributed by atoms with Crippen molar-refractivity contribution in [1.82, 2.24) is 15.0 Å². The minimum atomic E-state index is -4.55. The van der Waals surface area contributed by atoms with Crippen LogP contribution >= 0.6 is 0 Å². The maximum absolute atomic E-state index is 12.6. The van der Waals surface area contributed by atoms with Gasteiger partial charge in [0.15, 0.2) is 0 Å². The van der Waals surface area contributed by atoms with E-state index in [-0.39, 0.29) is 5.56 Å². The molecule has 3 rings (SSSR count). The zero-order chi connectivity index (χ0) is 23.3. The molecule has 3 aromatic rings. The minimum absolute atomic E-state index is 0.0283. The zero-order valence-corrected chi connectivity index (χ0v) is 17.9. The van der Waals surface area contributed by atoms with E-state index >= 15 is 0 Å². The maximum Gasteiger partial charge on any atom is 0.433 e. The van der Waals surface area contributed by atoms with Gasteiger partial charge in [-0.15, -0.1) is 0 Å². The molecule has 1 amide bonds. The summed E-state index contributed by atoms with van der Waals surface area (Å²) in [4.78, 5) is 26.6. The lowest BCUT2D eigenvalue weighted by atomic mass is 10.2. The molecule has 32 heavy (non-hydrogen) atoms. The molecule has 2 N–H and O–H groups in total. The van der Waals surface area contributed by atoms with Crippen LogP contribution in [0.3, 0.4) is 0 Å². The molecule has 7 nitrogen and oxygen atoms in total. The lowest BCUT2D eigenvalue weighted by molar-refractivity contribution is -0.141. The number of aryl methyl sites for hydroxylation is 1. The van der Waals surface area contributed by atoms with Gasteiger partial charge in [0, 0.05) is 36.7 Å². The van der Waals surface area contributed by atoms with E-state index < -0.39 is 17.8 Å². The van der Waals surface area contributed by atoms with Crippen molar-refractivity contribution in [1.29, 1.82) is 0 Å². The Morgan fingerprint density at radius 3 is 2.22 bits per heavy atom. The molecule has 0 bridgehead atoms. The number of nitrogens with one attached hydrogen (secondary N) is 2. The highest BCUT2D eigenvalue weighted by Crippen LogP contribution is 2.27. The second-order valence-corrected chi connectivity index (χ2v) is 6.92. The lowest BCUT2D eigenvalue weighted by Gasteiger charge is -2.20. The fourth-order valence-corrected chi connectivity index (χ4v) is 3.01. The van der Waals surface area contributed by atoms with Crippen LogP contribution in [-0.4, -0.2) is 33.9 Å². The third-order valence-electron chi connectivity index (χ3n) is 4.64. The Bertz CT molecular complexity index is 1060. The van der Waals surface area contributed by atoms with Crippen molar-refractivity contribution in [3.63, 3.8) is 0 Å². The monoisotopic (exact) mass is 444 g/mol. The zero-order valence-electron chi connectivity index (χ0n) is 17.9. The summed E-state index contributed by atoms with van der Waals surface area (Å²) in [5, 5.41) is 5.85. The van der Waals surface area contributed by atoms with Crippen molar-refractivity contribution in [3.05, 3.63) is 65.7 Å². The van der Waals surface area contributed by atoms with E-state index in [1.165, 1.54) is 0 Å². The molecular weight excluding hydrogens is 421 g/mol. The number of carbonyl (C=O) groups excluding carboxylic acids is 1. The van der Waals surface area contributed by atoms with Crippen LogP contribution in [0.4, 0.5) is 36.2 Å². The normalized spacial score (nSPS) is 11.2. The predicted octanol–water partition coefficient (Wildman–Crippen LogP) is 5.04. The van der Waals surface area contributed by atoms with Crippen LogP contribution in [0.2, 0.25) is 0 Å². The molecule has 2 aromatic heterocycles. The standard InChI is InChI=1S/C22H23F3N6O/c1-4-31(5-2)20-12-19(27-14(3)28-20)29-16-7-9-17(10-8-16)30-21(32)15-6-11-18(26-13-15)22(23,24)25/h6-13H,4-5H2,1-3H3,(H,30,32)(H,27,28,29). The number of pyridine rings is 1. The molecule has 0 aliphatic rings. The van der Waals surface area contributed by atoms with Gasteiger partial charge in [0.05, 0.1) is 5.56 Å². The average molecular weight is 444 g/mol. The highest BCUT2D eigenvalue weighted by molar-refractivity contribution is 6.04. The molecule has 10 heteroatoms. The quantitative estimate of drug-likeness (QED) is 0.531. The molecular formula is C22H23F3N6O. The van der Waals surface area contributed by atoms with E-state index in [1.54, 1.807) is 24.3 Å². The van der Waals surface area contributed by atoms with Crippen LogP contribution in [0.15, 0.2) is 48.7 Å². The van der Waals surface area contributed by atoms with E-state index in [2.05, 4.69) is 44.3 Å². The largest absolute Gasteiger partial charge is 0.433 e. The molecule has 1 aromatic carbocycles. The SMILES string of the molecule is CCN(CC)c1cc(Nc2ccc(NC(=O)c3ccc(C(F)(F)F)nc3)cc2)nc(C)n1. The van der Waals surface area contributed by atoms with E-state index in [4.69, 9.17) is 0 Å². The van der Waals surface area contributed by atoms with Gasteiger partial charge in [-0.2, -0.15) is 13.2 Å². The molecule has 0 unspecified atom stereocenters. The van der Waals surface area contributed by atoms with E-state index in [0.717, 1.165) is 42.9 Å². The van der Waals surface area contributed by atoms with Crippen LogP contribution in [0.25, 0.3) is 0 Å². The Balaban J connectivity index is 1.67. The smallest absolute Gasteiger partial charge is 0.357 e. The maximum atomic E-state index is 12.6. The van der Waals surface area contributed by atoms with Crippen LogP contribution < -0.4 is 15.5 Å². The third kappa shape index (κ3) is 5.71. The van der Waals surface area contributed by atoms with Crippen LogP contribution in [0.1, 0.15) is 35.7 Å². The number of benzene rings is 1. The molecule has 0 aliphatic heterocycles. The van der Waals surface area contributed by atoms with Gasteiger partial charge in [-0.3, -0.25) is 9.78 Å². The van der Waals surface area contributed by atoms with Gasteiger partial charge in [0.1, 0.15) is 23.2 Å². The summed E-state index contributed by atoms with van der Waals surface area (Å²) in [6.07, 6.45) is -3.65. The first-order valence-electron chi connectivity index (χ1n) is 10.0. The molecule has 168 valence electrons. The Morgan fingerprint density at radius 2 is 1.66 bits per heavy atom. The van der Waals surface area contributed by atoms with Gasteiger partial charge < -0.3 is 15.5 Å². The molecule has 0 atom stereocenters. The number of nitrogens with zero attached hydrogens (tertiary/aromatic N) is 4. The Morgan fingerprint density at radius 1 is 1.00 bits per heavy atom. The average Bonchev–Trinajstić information content (AvgIpc) is 2.75. The first-order chi connectivity index (χ1) is 15.2. The van der Waals surface area contributed by atoms with Gasteiger partial charge in [-0.05, 0) is 57.2 Å². The number of anilines is 4. The summed E-state index contributed by atoms with van der Waals surface area (Å²) in [5.74, 6) is 1.57. The summed E-state index contributed by atoms with van der Waals surface area (Å²) in [6, 6.07) is 10.6. The summed E-state index contributed by atoms with van der Waals surface area (Å²) in [7, 11) is 0. The first-order valence-corrected chi connectivity index (χ1v) is 10.0. The number of alkyl halides is 3. The van der Waals surface area contributed by atoms with E-state index in [0.29, 0.717) is 17.3 Å². The highest BCUT2D eigenvalue weighted by atomic mass is 19.4. The summed E-state index contributed by atoms with van der Waals surface area (Å²) in [6.45, 7) is 7.60. The van der Waals surface area contributed by atoms with Gasteiger partial charge in [0.25, 0.3) is 5.91 Å². The van der Waals surface area contributed by atoms with Gasteiger partial charge >= 0.3 is 6.18 Å². The summed E-state index contributed by atoms with van der Waals surface area (Å²) < 4.78 is 37.8. The molecule has 2 heterocycles. The van der Waals surface area contributed by atoms with Gasteiger partial charge in [-0.25, -0.2) is 9.97 Å². The van der Waals surface area contributed by atoms with E-state index in [9.17, 15) is 18.0 Å². The Kier molecular flexibility index (Phi) is 6.92. The number of rotatable bonds is 7. The molecule has 0 saturated heterocycles. The molecule has 0 spiro atoms. The molecule has 0 aliphatic carbocycles. The topological polar surface area (TPSA) is 83.0 Å². The predicted molar refractivity (Wildman–Crippen MR) is 117 cm³/mol. The van der Waals surface area contributed by atoms with Crippen molar-refractivity contribution in [2.75, 3.05) is 28.6 Å². The molecule has 0 radical (unpaired) electrons. The van der Waals surface area contributed by atoms with Crippen LogP contribution in [-0.2, 0) is 6.18 Å². The number of carbonyl (C=O) groups is 1. The summed E-state index contributed by atoms with van der Waals surface area (Å²) in [5.41, 5.74) is 0.222. The van der Waals surface area contributed by atoms with Crippen LogP contribution in [0.5, 0.6) is 0 Å². The number of hydrogen-bond donors (Lipinski definition) is 2. The third-order valence-corrected chi connectivity index (χ3v) is 4.64. The highest BCUT2D eigenvalue weighted by Gasteiger charge is 2.32. The Hall–Kier alpha value is -3.69. The van der Waals surface area contributed by atoms with E-state index in [1.807, 2.05) is 13.0 Å². The summed E-state index contributed by atoms with van der Waals surface area (Å²) >= 11 is 0. The number of hydrogen-bond acceptors (Lipinski definition) is 6. The minimum Gasteiger partial charge on any atom is -0.357 e. The van der Waals surface area contributed by atoms with Gasteiger partial charge in [-0.1, -0.05) is 0 Å². The molecule has 0 fully saturated rings. The number of aromatic nitrogens is 3. The Labute approximate surface area is 183 Å². The molecule has 0 saturated carbocycles. The first kappa shape index (κ1) is 23.0. The fraction of sp³-hybridized carbons (Fsp3) is 0.273. The lowest BCUT2D eigenvalue weighted by Crippen LogP contribution is -2.23. The van der Waals surface area contributed by atoms with Crippen molar-refractivity contribution >= 4 is 28.9 Å². The second kappa shape index (κ2) is 9.63. The van der Waals surface area contributed by atoms with Crippen molar-refractivity contribution in [2.45, 2.75) is 26.9 Å². The number of halogens is 3. The van der Waals surface area contributed by atoms with Gasteiger partial charge in [0.2, 0.25) is 0 Å². The number of amides is 1.